The SMILES string of the molecule is O=C(C=Cc1ccccc1)N1CC[O][Al]([Cl])[O]CC1. The zero-order chi connectivity index (χ0) is 13.5. The molecule has 0 N–H and O–H groups in total. The van der Waals surface area contributed by atoms with Crippen molar-refractivity contribution >= 4 is 35.9 Å². The van der Waals surface area contributed by atoms with Crippen LogP contribution in [0.2, 0.25) is 0 Å². The molecule has 1 aliphatic rings. The van der Waals surface area contributed by atoms with E-state index in [1.807, 2.05) is 36.4 Å². The summed E-state index contributed by atoms with van der Waals surface area (Å²) in [5.41, 5.74) is 1.00. The monoisotopic (exact) mass is 295 g/mol. The van der Waals surface area contributed by atoms with E-state index >= 15 is 0 Å². The van der Waals surface area contributed by atoms with E-state index in [1.54, 1.807) is 11.0 Å². The Kier molecular flexibility index (Phi) is 5.90. The molecule has 4 nitrogen and oxygen atoms in total. The maximum Gasteiger partial charge on any atom is 0.813 e. The van der Waals surface area contributed by atoms with Crippen LogP contribution in [0.1, 0.15) is 5.56 Å². The molecule has 1 aromatic rings. The van der Waals surface area contributed by atoms with E-state index in [4.69, 9.17) is 17.6 Å². The van der Waals surface area contributed by atoms with Crippen molar-refractivity contribution in [3.05, 3.63) is 42.0 Å². The molecule has 0 aromatic heterocycles. The molecule has 1 aliphatic heterocycles. The molecule has 0 unspecified atom stereocenters. The second-order valence-electron chi connectivity index (χ2n) is 4.09. The number of benzene rings is 1. The van der Waals surface area contributed by atoms with Gasteiger partial charge in [0, 0.05) is 32.4 Å². The second-order valence-corrected chi connectivity index (χ2v) is 6.37. The van der Waals surface area contributed by atoms with Crippen LogP contribution in [0.5, 0.6) is 0 Å². The van der Waals surface area contributed by atoms with Crippen LogP contribution >= 0.6 is 10.0 Å². The topological polar surface area (TPSA) is 38.8 Å². The van der Waals surface area contributed by atoms with Crippen LogP contribution in [0, 0.1) is 0 Å². The van der Waals surface area contributed by atoms with E-state index < -0.39 is 13.9 Å². The van der Waals surface area contributed by atoms with Crippen LogP contribution in [0.15, 0.2) is 36.4 Å². The average Bonchev–Trinajstić information content (AvgIpc) is 2.41. The maximum absolute atomic E-state index is 12.0. The van der Waals surface area contributed by atoms with Crippen molar-refractivity contribution in [1.29, 1.82) is 0 Å². The Hall–Kier alpha value is -0.828. The summed E-state index contributed by atoms with van der Waals surface area (Å²) in [5.74, 6) is -0.0363. The lowest BCUT2D eigenvalue weighted by molar-refractivity contribution is -0.127. The zero-order valence-electron chi connectivity index (χ0n) is 10.5. The molecule has 0 saturated carbocycles. The van der Waals surface area contributed by atoms with Gasteiger partial charge in [-0.3, -0.25) is 4.79 Å². The first kappa shape index (κ1) is 14.6. The van der Waals surface area contributed by atoms with Gasteiger partial charge < -0.3 is 12.5 Å². The van der Waals surface area contributed by atoms with Gasteiger partial charge >= 0.3 is 13.9 Å². The summed E-state index contributed by atoms with van der Waals surface area (Å²) >= 11 is -1.98. The Bertz CT molecular complexity index is 431. The van der Waals surface area contributed by atoms with Crippen LogP contribution in [0.4, 0.5) is 0 Å². The summed E-state index contributed by atoms with van der Waals surface area (Å²) in [6.07, 6.45) is 3.38. The third kappa shape index (κ3) is 4.98. The third-order valence-electron chi connectivity index (χ3n) is 2.75. The molecule has 1 saturated heterocycles. The summed E-state index contributed by atoms with van der Waals surface area (Å²) in [5, 5.41) is 0. The minimum absolute atomic E-state index is 0.0363. The highest BCUT2D eigenvalue weighted by Crippen LogP contribution is 2.05. The van der Waals surface area contributed by atoms with Gasteiger partial charge in [0.15, 0.2) is 0 Å². The molecular weight excluding hydrogens is 281 g/mol. The van der Waals surface area contributed by atoms with Crippen LogP contribution in [0.3, 0.4) is 0 Å². The fraction of sp³-hybridized carbons (Fsp3) is 0.308. The number of hydrogen-bond acceptors (Lipinski definition) is 3. The van der Waals surface area contributed by atoms with Gasteiger partial charge in [-0.15, -0.1) is 0 Å². The minimum atomic E-state index is -1.98. The Labute approximate surface area is 121 Å². The summed E-state index contributed by atoms with van der Waals surface area (Å²) in [4.78, 5) is 13.7. The normalized spacial score (nSPS) is 17.3. The van der Waals surface area contributed by atoms with Gasteiger partial charge in [0.1, 0.15) is 0 Å². The van der Waals surface area contributed by atoms with Gasteiger partial charge in [-0.05, 0) is 11.6 Å². The Balaban J connectivity index is 1.90. The fourth-order valence-electron chi connectivity index (χ4n) is 1.73. The van der Waals surface area contributed by atoms with Gasteiger partial charge in [0.05, 0.1) is 0 Å². The summed E-state index contributed by atoms with van der Waals surface area (Å²) in [6.45, 7) is 1.98. The molecule has 1 aromatic carbocycles. The number of carbonyl (C=O) groups excluding carboxylic acids is 1. The maximum atomic E-state index is 12.0. The van der Waals surface area contributed by atoms with Crippen LogP contribution in [-0.4, -0.2) is 51.0 Å². The number of nitrogens with zero attached hydrogens (tertiary/aromatic N) is 1. The van der Waals surface area contributed by atoms with Crippen molar-refractivity contribution in [3.63, 3.8) is 0 Å². The Morgan fingerprint density at radius 3 is 2.47 bits per heavy atom. The molecule has 0 radical (unpaired) electrons. The lowest BCUT2D eigenvalue weighted by atomic mass is 10.2. The quantitative estimate of drug-likeness (QED) is 0.617. The first-order valence-electron chi connectivity index (χ1n) is 6.15. The summed E-state index contributed by atoms with van der Waals surface area (Å²) in [6, 6.07) is 9.72. The standard InChI is InChI=1S/C13H15NO3.Al.ClH/c15-10-8-14(9-11-16)13(17)7-6-12-4-2-1-3-5-12;;/h1-7H,8-11H2;;1H/q-2;+3;/p-1. The van der Waals surface area contributed by atoms with Gasteiger partial charge in [-0.2, -0.15) is 10.0 Å². The molecule has 1 amide bonds. The largest absolute Gasteiger partial charge is 0.813 e. The van der Waals surface area contributed by atoms with E-state index in [9.17, 15) is 4.79 Å². The van der Waals surface area contributed by atoms with Crippen LogP contribution in [0.25, 0.3) is 6.08 Å². The van der Waals surface area contributed by atoms with Crippen molar-refractivity contribution in [1.82, 2.24) is 4.90 Å². The second kappa shape index (κ2) is 7.69. The van der Waals surface area contributed by atoms with E-state index in [0.29, 0.717) is 26.3 Å². The van der Waals surface area contributed by atoms with Gasteiger partial charge in [-0.25, -0.2) is 0 Å². The van der Waals surface area contributed by atoms with E-state index in [0.717, 1.165) is 5.56 Å². The minimum Gasteiger partial charge on any atom is -0.464 e. The van der Waals surface area contributed by atoms with Gasteiger partial charge in [-0.1, -0.05) is 30.3 Å². The van der Waals surface area contributed by atoms with E-state index in [2.05, 4.69) is 0 Å². The summed E-state index contributed by atoms with van der Waals surface area (Å²) in [7, 11) is 5.84. The molecule has 1 fully saturated rings. The van der Waals surface area contributed by atoms with Crippen molar-refractivity contribution in [2.24, 2.45) is 0 Å². The first-order chi connectivity index (χ1) is 9.25. The molecule has 1 heterocycles. The molecule has 19 heavy (non-hydrogen) atoms. The average molecular weight is 296 g/mol. The lowest BCUT2D eigenvalue weighted by Gasteiger charge is -2.24. The predicted molar refractivity (Wildman–Crippen MR) is 75.6 cm³/mol. The molecule has 0 atom stereocenters. The highest BCUT2D eigenvalue weighted by molar-refractivity contribution is 6.99. The molecule has 0 aliphatic carbocycles. The smallest absolute Gasteiger partial charge is 0.464 e. The predicted octanol–water partition coefficient (Wildman–Crippen LogP) is 1.80. The van der Waals surface area contributed by atoms with Crippen molar-refractivity contribution in [2.45, 2.75) is 0 Å². The third-order valence-corrected chi connectivity index (χ3v) is 4.50. The van der Waals surface area contributed by atoms with Gasteiger partial charge in [0.25, 0.3) is 0 Å². The van der Waals surface area contributed by atoms with Crippen molar-refractivity contribution < 1.29 is 12.4 Å². The number of hydrogen-bond donors (Lipinski definition) is 0. The number of amides is 1. The Morgan fingerprint density at radius 2 is 1.84 bits per heavy atom. The zero-order valence-corrected chi connectivity index (χ0v) is 12.4. The highest BCUT2D eigenvalue weighted by Gasteiger charge is 2.26. The Morgan fingerprint density at radius 1 is 1.21 bits per heavy atom. The first-order valence-corrected chi connectivity index (χ1v) is 8.84. The number of rotatable bonds is 2. The summed E-state index contributed by atoms with van der Waals surface area (Å²) < 4.78 is 10.6. The van der Waals surface area contributed by atoms with Crippen LogP contribution in [-0.2, 0) is 12.4 Å². The highest BCUT2D eigenvalue weighted by atomic mass is 35.6. The number of carbonyl (C=O) groups is 1. The van der Waals surface area contributed by atoms with Gasteiger partial charge in [0.2, 0.25) is 5.91 Å². The van der Waals surface area contributed by atoms with E-state index in [-0.39, 0.29) is 5.91 Å². The fourth-order valence-corrected chi connectivity index (χ4v) is 2.94. The molecular formula is C13H15AlClNO3. The molecule has 0 bridgehead atoms. The molecule has 6 heteroatoms. The van der Waals surface area contributed by atoms with Crippen LogP contribution < -0.4 is 0 Å². The van der Waals surface area contributed by atoms with E-state index in [1.165, 1.54) is 0 Å². The lowest BCUT2D eigenvalue weighted by Crippen LogP contribution is -2.39. The molecule has 0 spiro atoms. The van der Waals surface area contributed by atoms with Crippen molar-refractivity contribution in [3.8, 4) is 0 Å². The molecule has 2 rings (SSSR count). The molecule has 100 valence electrons. The van der Waals surface area contributed by atoms with Crippen molar-refractivity contribution in [2.75, 3.05) is 26.3 Å². The number of halogens is 1.